The van der Waals surface area contributed by atoms with Gasteiger partial charge in [-0.15, -0.1) is 0 Å². The van der Waals surface area contributed by atoms with Crippen LogP contribution in [-0.2, 0) is 76.3 Å². The van der Waals surface area contributed by atoms with Crippen LogP contribution in [0.15, 0.2) is 48.6 Å². The number of carbonyl (C=O) groups is 8. The van der Waals surface area contributed by atoms with Crippen molar-refractivity contribution in [3.8, 4) is 0 Å². The SMILES string of the molecule is C=C(CC(CC(=C)C(=O)OCC)(C(=O)OCC)C(=O)OCCCCCCOC(=O)C(CC(=C)C(=O)OCC)(CC(=C)C(=O)OCC)C(=O)OCC)C(=O)OCC. The molecule has 0 saturated heterocycles. The molecule has 0 bridgehead atoms. The second-order valence-corrected chi connectivity index (χ2v) is 12.3. The van der Waals surface area contributed by atoms with Crippen LogP contribution in [0, 0.1) is 10.8 Å². The van der Waals surface area contributed by atoms with Crippen LogP contribution in [-0.4, -0.2) is 101 Å². The molecular weight excluding hydrogens is 736 g/mol. The summed E-state index contributed by atoms with van der Waals surface area (Å²) < 4.78 is 41.3. The Balaban J connectivity index is 5.89. The fourth-order valence-electron chi connectivity index (χ4n) is 5.25. The summed E-state index contributed by atoms with van der Waals surface area (Å²) in [6.07, 6.45) is -0.901. The van der Waals surface area contributed by atoms with E-state index in [1.165, 1.54) is 13.8 Å². The van der Waals surface area contributed by atoms with E-state index in [9.17, 15) is 38.4 Å². The van der Waals surface area contributed by atoms with Gasteiger partial charge in [0.2, 0.25) is 0 Å². The third-order valence-corrected chi connectivity index (χ3v) is 7.94. The third-order valence-electron chi connectivity index (χ3n) is 7.94. The van der Waals surface area contributed by atoms with Crippen molar-refractivity contribution in [2.45, 2.75) is 92.9 Å². The number of hydrogen-bond acceptors (Lipinski definition) is 16. The normalized spacial score (nSPS) is 10.9. The molecule has 0 rings (SSSR count). The van der Waals surface area contributed by atoms with Gasteiger partial charge in [0.05, 0.1) is 52.9 Å². The first kappa shape index (κ1) is 50.7. The van der Waals surface area contributed by atoms with Crippen LogP contribution in [0.5, 0.6) is 0 Å². The third kappa shape index (κ3) is 15.8. The zero-order valence-electron chi connectivity index (χ0n) is 33.7. The van der Waals surface area contributed by atoms with Crippen molar-refractivity contribution in [1.82, 2.24) is 0 Å². The van der Waals surface area contributed by atoms with E-state index < -0.39 is 84.3 Å². The smallest absolute Gasteiger partial charge is 0.333 e. The Hall–Kier alpha value is -5.28. The molecule has 0 saturated carbocycles. The molecule has 0 N–H and O–H groups in total. The Bertz CT molecular complexity index is 1280. The summed E-state index contributed by atoms with van der Waals surface area (Å²) in [5.74, 6) is -7.70. The van der Waals surface area contributed by atoms with Gasteiger partial charge in [-0.3, -0.25) is 19.2 Å². The summed E-state index contributed by atoms with van der Waals surface area (Å²) in [5, 5.41) is 0. The maximum atomic E-state index is 13.7. The molecule has 0 amide bonds. The summed E-state index contributed by atoms with van der Waals surface area (Å²) >= 11 is 0. The average molecular weight is 795 g/mol. The first-order valence-corrected chi connectivity index (χ1v) is 18.6. The number of carbonyl (C=O) groups excluding carboxylic acids is 8. The molecule has 0 heterocycles. The molecule has 0 aliphatic rings. The highest BCUT2D eigenvalue weighted by molar-refractivity contribution is 6.05. The highest BCUT2D eigenvalue weighted by Gasteiger charge is 2.52. The van der Waals surface area contributed by atoms with Gasteiger partial charge < -0.3 is 37.9 Å². The molecule has 0 aromatic heterocycles. The Labute approximate surface area is 328 Å². The van der Waals surface area contributed by atoms with Gasteiger partial charge in [0.15, 0.2) is 10.8 Å². The molecule has 0 aromatic rings. The van der Waals surface area contributed by atoms with E-state index in [0.29, 0.717) is 12.8 Å². The van der Waals surface area contributed by atoms with Crippen molar-refractivity contribution in [2.24, 2.45) is 10.8 Å². The van der Waals surface area contributed by atoms with Gasteiger partial charge >= 0.3 is 47.8 Å². The lowest BCUT2D eigenvalue weighted by Gasteiger charge is -2.30. The lowest BCUT2D eigenvalue weighted by Crippen LogP contribution is -2.44. The van der Waals surface area contributed by atoms with Crippen LogP contribution in [0.25, 0.3) is 0 Å². The Morgan fingerprint density at radius 3 is 0.768 bits per heavy atom. The first-order valence-electron chi connectivity index (χ1n) is 18.6. The number of unbranched alkanes of at least 4 members (excludes halogenated alkanes) is 3. The van der Waals surface area contributed by atoms with E-state index in [0.717, 1.165) is 0 Å². The van der Waals surface area contributed by atoms with Crippen molar-refractivity contribution in [3.05, 3.63) is 48.6 Å². The van der Waals surface area contributed by atoms with Crippen molar-refractivity contribution < 1.29 is 76.3 Å². The molecule has 0 atom stereocenters. The average Bonchev–Trinajstić information content (AvgIpc) is 3.15. The summed E-state index contributed by atoms with van der Waals surface area (Å²) in [7, 11) is 0. The van der Waals surface area contributed by atoms with Crippen LogP contribution >= 0.6 is 0 Å². The van der Waals surface area contributed by atoms with Crippen molar-refractivity contribution in [1.29, 1.82) is 0 Å². The van der Waals surface area contributed by atoms with E-state index in [-0.39, 0.29) is 88.0 Å². The van der Waals surface area contributed by atoms with Gasteiger partial charge in [-0.05, 0) is 67.2 Å². The van der Waals surface area contributed by atoms with Gasteiger partial charge in [0.25, 0.3) is 0 Å². The lowest BCUT2D eigenvalue weighted by atomic mass is 9.76. The fraction of sp³-hybridized carbons (Fsp3) is 0.600. The Morgan fingerprint density at radius 2 is 0.554 bits per heavy atom. The quantitative estimate of drug-likeness (QED) is 0.0328. The highest BCUT2D eigenvalue weighted by atomic mass is 16.6. The predicted molar refractivity (Wildman–Crippen MR) is 200 cm³/mol. The minimum atomic E-state index is -2.21. The molecule has 0 aliphatic heterocycles. The predicted octanol–water partition coefficient (Wildman–Crippen LogP) is 4.77. The summed E-state index contributed by atoms with van der Waals surface area (Å²) in [4.78, 5) is 104. The number of ether oxygens (including phenoxy) is 8. The fourth-order valence-corrected chi connectivity index (χ4v) is 5.25. The van der Waals surface area contributed by atoms with Crippen molar-refractivity contribution in [2.75, 3.05) is 52.9 Å². The van der Waals surface area contributed by atoms with Gasteiger partial charge in [0, 0.05) is 48.0 Å². The molecule has 0 aromatic carbocycles. The summed E-state index contributed by atoms with van der Waals surface area (Å²) in [6, 6.07) is 0. The maximum absolute atomic E-state index is 13.7. The minimum Gasteiger partial charge on any atom is -0.465 e. The number of esters is 8. The van der Waals surface area contributed by atoms with E-state index in [4.69, 9.17) is 37.9 Å². The lowest BCUT2D eigenvalue weighted by molar-refractivity contribution is -0.175. The van der Waals surface area contributed by atoms with E-state index in [2.05, 4.69) is 26.3 Å². The van der Waals surface area contributed by atoms with Crippen molar-refractivity contribution >= 4 is 47.8 Å². The zero-order chi connectivity index (χ0) is 42.9. The van der Waals surface area contributed by atoms with E-state index in [1.807, 2.05) is 0 Å². The number of rotatable bonds is 29. The highest BCUT2D eigenvalue weighted by Crippen LogP contribution is 2.38. The topological polar surface area (TPSA) is 210 Å². The van der Waals surface area contributed by atoms with Gasteiger partial charge in [-0.2, -0.15) is 0 Å². The zero-order valence-corrected chi connectivity index (χ0v) is 33.7. The van der Waals surface area contributed by atoms with E-state index >= 15 is 0 Å². The van der Waals surface area contributed by atoms with Crippen LogP contribution < -0.4 is 0 Å². The van der Waals surface area contributed by atoms with E-state index in [1.54, 1.807) is 27.7 Å². The summed E-state index contributed by atoms with van der Waals surface area (Å²) in [6.45, 7) is 23.4. The maximum Gasteiger partial charge on any atom is 0.333 e. The Morgan fingerprint density at radius 1 is 0.339 bits per heavy atom. The molecule has 314 valence electrons. The Kier molecular flexibility index (Phi) is 24.0. The van der Waals surface area contributed by atoms with Gasteiger partial charge in [0.1, 0.15) is 0 Å². The number of hydrogen-bond donors (Lipinski definition) is 0. The minimum absolute atomic E-state index is 0.00614. The summed E-state index contributed by atoms with van der Waals surface area (Å²) in [5.41, 5.74) is -5.34. The van der Waals surface area contributed by atoms with Crippen LogP contribution in [0.1, 0.15) is 92.9 Å². The molecule has 0 fully saturated rings. The van der Waals surface area contributed by atoms with Gasteiger partial charge in [-0.25, -0.2) is 19.2 Å². The largest absolute Gasteiger partial charge is 0.465 e. The molecule has 0 radical (unpaired) electrons. The molecule has 0 aliphatic carbocycles. The molecule has 16 nitrogen and oxygen atoms in total. The molecule has 0 unspecified atom stereocenters. The van der Waals surface area contributed by atoms with Gasteiger partial charge in [-0.1, -0.05) is 26.3 Å². The second-order valence-electron chi connectivity index (χ2n) is 12.3. The molecule has 0 spiro atoms. The van der Waals surface area contributed by atoms with Crippen molar-refractivity contribution in [3.63, 3.8) is 0 Å². The molecular formula is C40H58O16. The van der Waals surface area contributed by atoms with Crippen LogP contribution in [0.2, 0.25) is 0 Å². The monoisotopic (exact) mass is 794 g/mol. The van der Waals surface area contributed by atoms with Crippen LogP contribution in [0.4, 0.5) is 0 Å². The standard InChI is InChI=1S/C40H58O16/c1-11-49-31(41)27(7)23-39(35(45)53-15-5,24-28(8)32(42)50-12-2)37(47)55-21-19-17-18-20-22-56-38(48)40(36(46)54-16-6,25-29(9)33(43)51-13-3)26-30(10)34(44)52-14-4/h7-26H2,1-6H3. The first-order chi connectivity index (χ1) is 26.5. The molecule has 56 heavy (non-hydrogen) atoms. The molecule has 16 heteroatoms. The second kappa shape index (κ2) is 26.5. The van der Waals surface area contributed by atoms with Crippen LogP contribution in [0.3, 0.4) is 0 Å².